The van der Waals surface area contributed by atoms with Crippen LogP contribution in [0.3, 0.4) is 0 Å². The van der Waals surface area contributed by atoms with Gasteiger partial charge in [0.25, 0.3) is 0 Å². The molecule has 0 aromatic heterocycles. The molecule has 0 bridgehead atoms. The van der Waals surface area contributed by atoms with Gasteiger partial charge in [-0.25, -0.2) is 0 Å². The summed E-state index contributed by atoms with van der Waals surface area (Å²) in [6.45, 7) is 5.45. The van der Waals surface area contributed by atoms with Crippen molar-refractivity contribution in [1.29, 1.82) is 0 Å². The van der Waals surface area contributed by atoms with Crippen molar-refractivity contribution in [1.82, 2.24) is 0 Å². The van der Waals surface area contributed by atoms with Gasteiger partial charge in [0, 0.05) is 5.56 Å². The number of carbonyl (C=O) groups is 1. The van der Waals surface area contributed by atoms with E-state index in [0.717, 1.165) is 16.2 Å². The Bertz CT molecular complexity index is 739. The lowest BCUT2D eigenvalue weighted by molar-refractivity contribution is -0.143. The zero-order valence-corrected chi connectivity index (χ0v) is 15.0. The van der Waals surface area contributed by atoms with Crippen LogP contribution in [0.5, 0.6) is 17.2 Å². The van der Waals surface area contributed by atoms with E-state index in [2.05, 4.69) is 0 Å². The molecule has 0 spiro atoms. The fourth-order valence-corrected chi connectivity index (χ4v) is 3.26. The second-order valence-electron chi connectivity index (χ2n) is 6.56. The number of esters is 1. The number of benzene rings is 2. The SMILES string of the molecule is COc1ccc(C2Oc3ccccc3S2)cc1OC(=O)C(C)(C)C. The third kappa shape index (κ3) is 3.36. The van der Waals surface area contributed by atoms with Gasteiger partial charge in [-0.15, -0.1) is 0 Å². The number of thioether (sulfide) groups is 1. The molecular weight excluding hydrogens is 324 g/mol. The average molecular weight is 344 g/mol. The minimum Gasteiger partial charge on any atom is -0.493 e. The first-order chi connectivity index (χ1) is 11.4. The summed E-state index contributed by atoms with van der Waals surface area (Å²) in [5.41, 5.74) is 0.171. The van der Waals surface area contributed by atoms with Gasteiger partial charge in [0.05, 0.1) is 17.4 Å². The molecule has 1 aliphatic rings. The summed E-state index contributed by atoms with van der Waals surface area (Å²) in [4.78, 5) is 13.3. The zero-order chi connectivity index (χ0) is 17.3. The summed E-state index contributed by atoms with van der Waals surface area (Å²) >= 11 is 1.63. The Morgan fingerprint density at radius 2 is 1.88 bits per heavy atom. The Hall–Kier alpha value is -2.14. The maximum Gasteiger partial charge on any atom is 0.316 e. The molecule has 24 heavy (non-hydrogen) atoms. The topological polar surface area (TPSA) is 44.8 Å². The van der Waals surface area contributed by atoms with Gasteiger partial charge in [0.1, 0.15) is 5.75 Å². The van der Waals surface area contributed by atoms with Crippen molar-refractivity contribution in [3.05, 3.63) is 48.0 Å². The Balaban J connectivity index is 1.86. The Kier molecular flexibility index (Phi) is 4.45. The van der Waals surface area contributed by atoms with Gasteiger partial charge < -0.3 is 14.2 Å². The normalized spacial score (nSPS) is 16.2. The minimum atomic E-state index is -0.587. The zero-order valence-electron chi connectivity index (χ0n) is 14.2. The number of methoxy groups -OCH3 is 1. The van der Waals surface area contributed by atoms with Crippen molar-refractivity contribution in [3.63, 3.8) is 0 Å². The molecule has 4 nitrogen and oxygen atoms in total. The van der Waals surface area contributed by atoms with Crippen molar-refractivity contribution in [3.8, 4) is 17.2 Å². The van der Waals surface area contributed by atoms with Crippen molar-refractivity contribution < 1.29 is 19.0 Å². The van der Waals surface area contributed by atoms with Crippen molar-refractivity contribution >= 4 is 17.7 Å². The van der Waals surface area contributed by atoms with Crippen LogP contribution in [-0.2, 0) is 4.79 Å². The maximum absolute atomic E-state index is 12.2. The van der Waals surface area contributed by atoms with Crippen LogP contribution in [0.1, 0.15) is 31.8 Å². The molecule has 1 atom stereocenters. The molecule has 3 rings (SSSR count). The minimum absolute atomic E-state index is 0.166. The summed E-state index contributed by atoms with van der Waals surface area (Å²) in [5.74, 6) is 1.50. The predicted octanol–water partition coefficient (Wildman–Crippen LogP) is 4.83. The third-order valence-corrected chi connectivity index (χ3v) is 4.77. The summed E-state index contributed by atoms with van der Waals surface area (Å²) in [7, 11) is 1.56. The second-order valence-corrected chi connectivity index (χ2v) is 7.67. The van der Waals surface area contributed by atoms with E-state index in [0.29, 0.717) is 11.5 Å². The summed E-state index contributed by atoms with van der Waals surface area (Å²) in [6, 6.07) is 13.5. The van der Waals surface area contributed by atoms with Crippen molar-refractivity contribution in [2.45, 2.75) is 31.1 Å². The first kappa shape index (κ1) is 16.7. The van der Waals surface area contributed by atoms with Crippen LogP contribution < -0.4 is 14.2 Å². The van der Waals surface area contributed by atoms with Crippen LogP contribution in [0.4, 0.5) is 0 Å². The van der Waals surface area contributed by atoms with E-state index in [1.54, 1.807) is 24.9 Å². The molecule has 1 heterocycles. The van der Waals surface area contributed by atoms with E-state index < -0.39 is 5.41 Å². The van der Waals surface area contributed by atoms with Gasteiger partial charge in [-0.2, -0.15) is 0 Å². The quantitative estimate of drug-likeness (QED) is 0.589. The molecule has 126 valence electrons. The fourth-order valence-electron chi connectivity index (χ4n) is 2.21. The number of fused-ring (bicyclic) bond motifs is 1. The molecule has 1 unspecified atom stereocenters. The number of rotatable bonds is 3. The highest BCUT2D eigenvalue weighted by Crippen LogP contribution is 2.49. The first-order valence-electron chi connectivity index (χ1n) is 7.71. The standard InChI is InChI=1S/C19H20O4S/c1-19(2,3)18(20)23-15-11-12(9-10-13(15)21-4)17-22-14-7-5-6-8-16(14)24-17/h5-11,17H,1-4H3. The van der Waals surface area contributed by atoms with Gasteiger partial charge >= 0.3 is 5.97 Å². The van der Waals surface area contributed by atoms with E-state index in [1.165, 1.54) is 0 Å². The lowest BCUT2D eigenvalue weighted by Crippen LogP contribution is -2.25. The van der Waals surface area contributed by atoms with Gasteiger partial charge in [-0.05, 0) is 45.0 Å². The van der Waals surface area contributed by atoms with E-state index in [4.69, 9.17) is 14.2 Å². The number of hydrogen-bond donors (Lipinski definition) is 0. The molecule has 2 aromatic rings. The average Bonchev–Trinajstić information content (AvgIpc) is 2.98. The first-order valence-corrected chi connectivity index (χ1v) is 8.59. The van der Waals surface area contributed by atoms with Crippen LogP contribution in [0.15, 0.2) is 47.4 Å². The second kappa shape index (κ2) is 6.40. The molecule has 0 amide bonds. The van der Waals surface area contributed by atoms with Crippen LogP contribution in [-0.4, -0.2) is 13.1 Å². The highest BCUT2D eigenvalue weighted by Gasteiger charge is 2.28. The molecule has 0 saturated carbocycles. The summed E-state index contributed by atoms with van der Waals surface area (Å²) in [6.07, 6.45) is 0. The van der Waals surface area contributed by atoms with Crippen molar-refractivity contribution in [2.24, 2.45) is 5.41 Å². The molecule has 2 aromatic carbocycles. The monoisotopic (exact) mass is 344 g/mol. The highest BCUT2D eigenvalue weighted by atomic mass is 32.2. The largest absolute Gasteiger partial charge is 0.493 e. The Labute approximate surface area is 146 Å². The van der Waals surface area contributed by atoms with Crippen LogP contribution in [0, 0.1) is 5.41 Å². The Morgan fingerprint density at radius 3 is 2.54 bits per heavy atom. The summed E-state index contributed by atoms with van der Waals surface area (Å²) in [5, 5.41) is 0. The number of para-hydroxylation sites is 1. The predicted molar refractivity (Wildman–Crippen MR) is 93.8 cm³/mol. The van der Waals surface area contributed by atoms with Gasteiger partial charge in [-0.1, -0.05) is 30.0 Å². The molecule has 0 aliphatic carbocycles. The number of ether oxygens (including phenoxy) is 3. The molecule has 5 heteroatoms. The van der Waals surface area contributed by atoms with Gasteiger partial charge in [0.2, 0.25) is 0 Å². The van der Waals surface area contributed by atoms with Gasteiger partial charge in [-0.3, -0.25) is 4.79 Å². The van der Waals surface area contributed by atoms with E-state index in [1.807, 2.05) is 57.2 Å². The molecule has 0 N–H and O–H groups in total. The van der Waals surface area contributed by atoms with Crippen LogP contribution in [0.25, 0.3) is 0 Å². The van der Waals surface area contributed by atoms with Crippen molar-refractivity contribution in [2.75, 3.05) is 7.11 Å². The van der Waals surface area contributed by atoms with E-state index >= 15 is 0 Å². The molecule has 0 saturated heterocycles. The summed E-state index contributed by atoms with van der Waals surface area (Å²) < 4.78 is 16.8. The van der Waals surface area contributed by atoms with E-state index in [9.17, 15) is 4.79 Å². The van der Waals surface area contributed by atoms with Crippen LogP contribution >= 0.6 is 11.8 Å². The fraction of sp³-hybridized carbons (Fsp3) is 0.316. The van der Waals surface area contributed by atoms with Crippen LogP contribution in [0.2, 0.25) is 0 Å². The van der Waals surface area contributed by atoms with Gasteiger partial charge in [0.15, 0.2) is 16.9 Å². The third-order valence-electron chi connectivity index (χ3n) is 3.59. The lowest BCUT2D eigenvalue weighted by Gasteiger charge is -2.19. The lowest BCUT2D eigenvalue weighted by atomic mass is 9.97. The Morgan fingerprint density at radius 1 is 1.12 bits per heavy atom. The maximum atomic E-state index is 12.2. The van der Waals surface area contributed by atoms with E-state index in [-0.39, 0.29) is 11.4 Å². The highest BCUT2D eigenvalue weighted by molar-refractivity contribution is 7.99. The molecule has 0 radical (unpaired) electrons. The molecule has 1 aliphatic heterocycles. The molecular formula is C19H20O4S. The smallest absolute Gasteiger partial charge is 0.316 e. The number of carbonyl (C=O) groups excluding carboxylic acids is 1. The molecule has 0 fully saturated rings. The number of hydrogen-bond acceptors (Lipinski definition) is 5.